The van der Waals surface area contributed by atoms with Gasteiger partial charge in [0.2, 0.25) is 11.8 Å². The van der Waals surface area contributed by atoms with E-state index in [2.05, 4.69) is 5.32 Å². The van der Waals surface area contributed by atoms with Gasteiger partial charge in [0.15, 0.2) is 0 Å². The van der Waals surface area contributed by atoms with Gasteiger partial charge < -0.3 is 19.7 Å². The summed E-state index contributed by atoms with van der Waals surface area (Å²) < 4.78 is 11.0. The third kappa shape index (κ3) is 3.96. The van der Waals surface area contributed by atoms with Crippen LogP contribution in [0.5, 0.6) is 11.5 Å². The number of carbonyl (C=O) groups excluding carboxylic acids is 2. The Kier molecular flexibility index (Phi) is 5.41. The Labute approximate surface area is 152 Å². The molecule has 2 aromatic rings. The van der Waals surface area contributed by atoms with Gasteiger partial charge in [-0.2, -0.15) is 0 Å². The molecule has 26 heavy (non-hydrogen) atoms. The van der Waals surface area contributed by atoms with Crippen LogP contribution in [-0.4, -0.2) is 32.5 Å². The standard InChI is InChI=1S/C20H22N2O4/c1-21-20(24)15-11-19(23)22(12-15)16-6-8-17(9-7-16)26-13-14-4-3-5-18(10-14)25-2/h3-10,15H,11-13H2,1-2H3,(H,21,24). The molecule has 0 aromatic heterocycles. The molecule has 0 aliphatic carbocycles. The molecule has 2 aromatic carbocycles. The van der Waals surface area contributed by atoms with Crippen LogP contribution in [-0.2, 0) is 16.2 Å². The number of carbonyl (C=O) groups is 2. The highest BCUT2D eigenvalue weighted by molar-refractivity contribution is 6.00. The van der Waals surface area contributed by atoms with Gasteiger partial charge in [-0.25, -0.2) is 0 Å². The van der Waals surface area contributed by atoms with Crippen LogP contribution in [0, 0.1) is 5.92 Å². The van der Waals surface area contributed by atoms with Gasteiger partial charge in [0.25, 0.3) is 0 Å². The van der Waals surface area contributed by atoms with E-state index in [4.69, 9.17) is 9.47 Å². The fourth-order valence-electron chi connectivity index (χ4n) is 2.99. The first-order valence-electron chi connectivity index (χ1n) is 8.48. The van der Waals surface area contributed by atoms with Crippen LogP contribution in [0.15, 0.2) is 48.5 Å². The number of nitrogens with one attached hydrogen (secondary N) is 1. The van der Waals surface area contributed by atoms with Gasteiger partial charge in [-0.1, -0.05) is 12.1 Å². The lowest BCUT2D eigenvalue weighted by Crippen LogP contribution is -2.30. The lowest BCUT2D eigenvalue weighted by Gasteiger charge is -2.17. The maximum Gasteiger partial charge on any atom is 0.227 e. The molecule has 1 saturated heterocycles. The molecule has 1 N–H and O–H groups in total. The zero-order chi connectivity index (χ0) is 18.5. The second-order valence-corrected chi connectivity index (χ2v) is 6.15. The van der Waals surface area contributed by atoms with Crippen molar-refractivity contribution in [3.05, 3.63) is 54.1 Å². The Morgan fingerprint density at radius 1 is 1.19 bits per heavy atom. The fraction of sp³-hybridized carbons (Fsp3) is 0.300. The number of methoxy groups -OCH3 is 1. The Morgan fingerprint density at radius 2 is 1.96 bits per heavy atom. The maximum atomic E-state index is 12.2. The van der Waals surface area contributed by atoms with Crippen molar-refractivity contribution < 1.29 is 19.1 Å². The van der Waals surface area contributed by atoms with Crippen LogP contribution in [0.1, 0.15) is 12.0 Å². The summed E-state index contributed by atoms with van der Waals surface area (Å²) in [6.07, 6.45) is 0.244. The van der Waals surface area contributed by atoms with E-state index in [0.29, 0.717) is 18.9 Å². The van der Waals surface area contributed by atoms with E-state index in [9.17, 15) is 9.59 Å². The first-order chi connectivity index (χ1) is 12.6. The van der Waals surface area contributed by atoms with Crippen molar-refractivity contribution in [1.29, 1.82) is 0 Å². The van der Waals surface area contributed by atoms with Crippen LogP contribution < -0.4 is 19.7 Å². The summed E-state index contributed by atoms with van der Waals surface area (Å²) in [5.41, 5.74) is 1.78. The van der Waals surface area contributed by atoms with Crippen LogP contribution in [0.4, 0.5) is 5.69 Å². The van der Waals surface area contributed by atoms with Crippen LogP contribution in [0.3, 0.4) is 0 Å². The molecule has 0 spiro atoms. The van der Waals surface area contributed by atoms with E-state index >= 15 is 0 Å². The van der Waals surface area contributed by atoms with Gasteiger partial charge in [0.1, 0.15) is 18.1 Å². The number of anilines is 1. The maximum absolute atomic E-state index is 12.2. The molecule has 2 amide bonds. The van der Waals surface area contributed by atoms with Crippen molar-refractivity contribution >= 4 is 17.5 Å². The molecule has 3 rings (SSSR count). The van der Waals surface area contributed by atoms with Gasteiger partial charge in [-0.15, -0.1) is 0 Å². The van der Waals surface area contributed by atoms with Gasteiger partial charge in [-0.05, 0) is 42.0 Å². The largest absolute Gasteiger partial charge is 0.497 e. The molecule has 1 heterocycles. The number of ether oxygens (including phenoxy) is 2. The zero-order valence-electron chi connectivity index (χ0n) is 14.9. The minimum Gasteiger partial charge on any atom is -0.497 e. The predicted octanol–water partition coefficient (Wildman–Crippen LogP) is 2.37. The molecule has 6 heteroatoms. The van der Waals surface area contributed by atoms with E-state index in [-0.39, 0.29) is 24.2 Å². The fourth-order valence-corrected chi connectivity index (χ4v) is 2.99. The molecule has 1 aliphatic rings. The highest BCUT2D eigenvalue weighted by Gasteiger charge is 2.34. The Morgan fingerprint density at radius 3 is 2.65 bits per heavy atom. The summed E-state index contributed by atoms with van der Waals surface area (Å²) in [4.78, 5) is 25.5. The molecular weight excluding hydrogens is 332 g/mol. The molecule has 6 nitrogen and oxygen atoms in total. The van der Waals surface area contributed by atoms with Crippen molar-refractivity contribution in [2.24, 2.45) is 5.92 Å². The summed E-state index contributed by atoms with van der Waals surface area (Å²) >= 11 is 0. The van der Waals surface area contributed by atoms with Gasteiger partial charge >= 0.3 is 0 Å². The number of benzene rings is 2. The highest BCUT2D eigenvalue weighted by atomic mass is 16.5. The lowest BCUT2D eigenvalue weighted by molar-refractivity contribution is -0.125. The third-order valence-corrected chi connectivity index (χ3v) is 4.43. The Hall–Kier alpha value is -3.02. The SMILES string of the molecule is CNC(=O)C1CC(=O)N(c2ccc(OCc3cccc(OC)c3)cc2)C1. The van der Waals surface area contributed by atoms with E-state index in [1.807, 2.05) is 48.5 Å². The molecular formula is C20H22N2O4. The van der Waals surface area contributed by atoms with Gasteiger partial charge in [0, 0.05) is 25.7 Å². The number of nitrogens with zero attached hydrogens (tertiary/aromatic N) is 1. The molecule has 1 atom stereocenters. The van der Waals surface area contributed by atoms with Crippen LogP contribution in [0.2, 0.25) is 0 Å². The average molecular weight is 354 g/mol. The van der Waals surface area contributed by atoms with Gasteiger partial charge in [-0.3, -0.25) is 9.59 Å². The minimum absolute atomic E-state index is 0.0383. The average Bonchev–Trinajstić information content (AvgIpc) is 3.08. The molecule has 1 unspecified atom stereocenters. The lowest BCUT2D eigenvalue weighted by atomic mass is 10.1. The van der Waals surface area contributed by atoms with E-state index in [1.165, 1.54) is 0 Å². The van der Waals surface area contributed by atoms with Crippen molar-refractivity contribution in [2.75, 3.05) is 25.6 Å². The molecule has 136 valence electrons. The molecule has 1 fully saturated rings. The summed E-state index contributed by atoms with van der Waals surface area (Å²) in [7, 11) is 3.22. The molecule has 0 bridgehead atoms. The van der Waals surface area contributed by atoms with Crippen molar-refractivity contribution in [1.82, 2.24) is 5.32 Å². The normalized spacial score (nSPS) is 16.5. The first kappa shape index (κ1) is 17.8. The number of hydrogen-bond donors (Lipinski definition) is 1. The van der Waals surface area contributed by atoms with E-state index < -0.39 is 0 Å². The summed E-state index contributed by atoms with van der Waals surface area (Å²) in [5, 5.41) is 2.60. The van der Waals surface area contributed by atoms with Crippen molar-refractivity contribution in [3.63, 3.8) is 0 Å². The smallest absolute Gasteiger partial charge is 0.227 e. The second-order valence-electron chi connectivity index (χ2n) is 6.15. The van der Waals surface area contributed by atoms with E-state index in [1.54, 1.807) is 19.1 Å². The highest BCUT2D eigenvalue weighted by Crippen LogP contribution is 2.27. The third-order valence-electron chi connectivity index (χ3n) is 4.43. The van der Waals surface area contributed by atoms with E-state index in [0.717, 1.165) is 17.0 Å². The van der Waals surface area contributed by atoms with Crippen LogP contribution in [0.25, 0.3) is 0 Å². The summed E-state index contributed by atoms with van der Waals surface area (Å²) in [5.74, 6) is 1.07. The summed E-state index contributed by atoms with van der Waals surface area (Å²) in [6.45, 7) is 0.834. The first-order valence-corrected chi connectivity index (χ1v) is 8.48. The second kappa shape index (κ2) is 7.91. The topological polar surface area (TPSA) is 67.9 Å². The van der Waals surface area contributed by atoms with Crippen molar-refractivity contribution in [2.45, 2.75) is 13.0 Å². The van der Waals surface area contributed by atoms with Gasteiger partial charge in [0.05, 0.1) is 13.0 Å². The molecule has 1 aliphatic heterocycles. The zero-order valence-corrected chi connectivity index (χ0v) is 14.9. The number of amides is 2. The van der Waals surface area contributed by atoms with Crippen molar-refractivity contribution in [3.8, 4) is 11.5 Å². The number of rotatable bonds is 6. The molecule has 0 saturated carbocycles. The quantitative estimate of drug-likeness (QED) is 0.865. The Balaban J connectivity index is 1.61. The minimum atomic E-state index is -0.295. The van der Waals surface area contributed by atoms with Crippen LogP contribution >= 0.6 is 0 Å². The predicted molar refractivity (Wildman–Crippen MR) is 98.3 cm³/mol. The number of hydrogen-bond acceptors (Lipinski definition) is 4. The summed E-state index contributed by atoms with van der Waals surface area (Å²) in [6, 6.07) is 15.0. The monoisotopic (exact) mass is 354 g/mol. The Bertz CT molecular complexity index is 789. The molecule has 0 radical (unpaired) electrons.